The number of para-hydroxylation sites is 2. The third-order valence-corrected chi connectivity index (χ3v) is 3.61. The molecule has 0 aromatic heterocycles. The minimum absolute atomic E-state index is 0.232. The van der Waals surface area contributed by atoms with E-state index in [4.69, 9.17) is 0 Å². The molecule has 0 fully saturated rings. The molecule has 0 radical (unpaired) electrons. The molecule has 0 saturated heterocycles. The average molecular weight is 323 g/mol. The molecular formula is C15H16BrFN2. The minimum atomic E-state index is -0.232. The molecule has 0 aliphatic rings. The number of halogens is 2. The summed E-state index contributed by atoms with van der Waals surface area (Å²) in [5.41, 5.74) is 3.21. The molecule has 4 heteroatoms. The first kappa shape index (κ1) is 13.9. The van der Waals surface area contributed by atoms with Crippen molar-refractivity contribution < 1.29 is 4.39 Å². The molecule has 0 saturated carbocycles. The van der Waals surface area contributed by atoms with Crippen molar-refractivity contribution in [1.29, 1.82) is 0 Å². The number of hydrogen-bond donors (Lipinski definition) is 1. The Hall–Kier alpha value is -1.55. The molecule has 0 heterocycles. The SMILES string of the molecule is CN(C)c1ccccc1NCc1ccc(F)cc1Br. The van der Waals surface area contributed by atoms with Crippen LogP contribution < -0.4 is 10.2 Å². The summed E-state index contributed by atoms with van der Waals surface area (Å²) in [5, 5.41) is 3.38. The van der Waals surface area contributed by atoms with Crippen LogP contribution in [0.1, 0.15) is 5.56 Å². The van der Waals surface area contributed by atoms with Crippen LogP contribution in [0.2, 0.25) is 0 Å². The normalized spacial score (nSPS) is 10.3. The van der Waals surface area contributed by atoms with E-state index in [1.165, 1.54) is 12.1 Å². The van der Waals surface area contributed by atoms with Crippen LogP contribution in [-0.2, 0) is 6.54 Å². The van der Waals surface area contributed by atoms with Gasteiger partial charge in [-0.05, 0) is 29.8 Å². The second-order valence-corrected chi connectivity index (χ2v) is 5.36. The number of anilines is 2. The highest BCUT2D eigenvalue weighted by Crippen LogP contribution is 2.25. The third-order valence-electron chi connectivity index (χ3n) is 2.87. The van der Waals surface area contributed by atoms with E-state index in [0.29, 0.717) is 6.54 Å². The Morgan fingerprint density at radius 1 is 1.16 bits per heavy atom. The largest absolute Gasteiger partial charge is 0.379 e. The van der Waals surface area contributed by atoms with Gasteiger partial charge in [-0.15, -0.1) is 0 Å². The molecule has 0 spiro atoms. The van der Waals surface area contributed by atoms with E-state index in [-0.39, 0.29) is 5.82 Å². The van der Waals surface area contributed by atoms with E-state index in [9.17, 15) is 4.39 Å². The first-order valence-corrected chi connectivity index (χ1v) is 6.81. The van der Waals surface area contributed by atoms with Gasteiger partial charge < -0.3 is 10.2 Å². The fourth-order valence-electron chi connectivity index (χ4n) is 1.87. The van der Waals surface area contributed by atoms with Crippen molar-refractivity contribution in [3.8, 4) is 0 Å². The van der Waals surface area contributed by atoms with Crippen molar-refractivity contribution in [3.05, 3.63) is 58.3 Å². The third kappa shape index (κ3) is 3.47. The lowest BCUT2D eigenvalue weighted by molar-refractivity contribution is 0.626. The first-order chi connectivity index (χ1) is 9.08. The van der Waals surface area contributed by atoms with Crippen LogP contribution in [0.25, 0.3) is 0 Å². The number of nitrogens with zero attached hydrogens (tertiary/aromatic N) is 1. The second kappa shape index (κ2) is 6.06. The van der Waals surface area contributed by atoms with E-state index >= 15 is 0 Å². The molecule has 2 rings (SSSR count). The predicted octanol–water partition coefficient (Wildman–Crippen LogP) is 4.27. The molecule has 2 aromatic rings. The maximum Gasteiger partial charge on any atom is 0.124 e. The quantitative estimate of drug-likeness (QED) is 0.904. The Morgan fingerprint density at radius 2 is 1.89 bits per heavy atom. The lowest BCUT2D eigenvalue weighted by Crippen LogP contribution is -2.12. The summed E-state index contributed by atoms with van der Waals surface area (Å²) >= 11 is 3.38. The van der Waals surface area contributed by atoms with Crippen LogP contribution in [0.4, 0.5) is 15.8 Å². The lowest BCUT2D eigenvalue weighted by atomic mass is 10.2. The summed E-state index contributed by atoms with van der Waals surface area (Å²) in [5.74, 6) is -0.232. The molecule has 2 nitrogen and oxygen atoms in total. The van der Waals surface area contributed by atoms with Gasteiger partial charge in [0.15, 0.2) is 0 Å². The summed E-state index contributed by atoms with van der Waals surface area (Å²) in [7, 11) is 4.02. The van der Waals surface area contributed by atoms with Gasteiger partial charge in [0.25, 0.3) is 0 Å². The van der Waals surface area contributed by atoms with Crippen molar-refractivity contribution in [1.82, 2.24) is 0 Å². The van der Waals surface area contributed by atoms with Crippen LogP contribution in [0.3, 0.4) is 0 Å². The molecule has 1 N–H and O–H groups in total. The van der Waals surface area contributed by atoms with Gasteiger partial charge in [0.2, 0.25) is 0 Å². The van der Waals surface area contributed by atoms with Crippen LogP contribution in [0.15, 0.2) is 46.9 Å². The highest BCUT2D eigenvalue weighted by molar-refractivity contribution is 9.10. The van der Waals surface area contributed by atoms with Gasteiger partial charge >= 0.3 is 0 Å². The van der Waals surface area contributed by atoms with Crippen LogP contribution >= 0.6 is 15.9 Å². The summed E-state index contributed by atoms with van der Waals surface area (Å²) in [6, 6.07) is 12.8. The molecule has 0 aliphatic heterocycles. The fraction of sp³-hybridized carbons (Fsp3) is 0.200. The summed E-state index contributed by atoms with van der Waals surface area (Å²) < 4.78 is 13.8. The lowest BCUT2D eigenvalue weighted by Gasteiger charge is -2.18. The Kier molecular flexibility index (Phi) is 4.43. The van der Waals surface area contributed by atoms with Crippen molar-refractivity contribution >= 4 is 27.3 Å². The Labute approximate surface area is 121 Å². The highest BCUT2D eigenvalue weighted by Gasteiger charge is 2.05. The smallest absolute Gasteiger partial charge is 0.124 e. The van der Waals surface area contributed by atoms with E-state index < -0.39 is 0 Å². The number of hydrogen-bond acceptors (Lipinski definition) is 2. The first-order valence-electron chi connectivity index (χ1n) is 6.02. The van der Waals surface area contributed by atoms with Gasteiger partial charge in [0.1, 0.15) is 5.82 Å². The van der Waals surface area contributed by atoms with Crippen molar-refractivity contribution in [2.45, 2.75) is 6.54 Å². The standard InChI is InChI=1S/C15H16BrFN2/c1-19(2)15-6-4-3-5-14(15)18-10-11-7-8-12(17)9-13(11)16/h3-9,18H,10H2,1-2H3. The zero-order valence-corrected chi connectivity index (χ0v) is 12.5. The van der Waals surface area contributed by atoms with Gasteiger partial charge in [0.05, 0.1) is 11.4 Å². The topological polar surface area (TPSA) is 15.3 Å². The summed E-state index contributed by atoms with van der Waals surface area (Å²) in [4.78, 5) is 2.06. The number of nitrogens with one attached hydrogen (secondary N) is 1. The van der Waals surface area contributed by atoms with E-state index in [2.05, 4.69) is 32.2 Å². The van der Waals surface area contributed by atoms with E-state index in [1.54, 1.807) is 6.07 Å². The molecule has 0 amide bonds. The van der Waals surface area contributed by atoms with Gasteiger partial charge in [-0.25, -0.2) is 4.39 Å². The van der Waals surface area contributed by atoms with Gasteiger partial charge in [-0.2, -0.15) is 0 Å². The molecule has 19 heavy (non-hydrogen) atoms. The summed E-state index contributed by atoms with van der Waals surface area (Å²) in [6.07, 6.45) is 0. The van der Waals surface area contributed by atoms with Gasteiger partial charge in [-0.3, -0.25) is 0 Å². The average Bonchev–Trinajstić information content (AvgIpc) is 2.38. The monoisotopic (exact) mass is 322 g/mol. The fourth-order valence-corrected chi connectivity index (χ4v) is 2.36. The minimum Gasteiger partial charge on any atom is -0.379 e. The van der Waals surface area contributed by atoms with Crippen molar-refractivity contribution in [3.63, 3.8) is 0 Å². The molecule has 100 valence electrons. The number of rotatable bonds is 4. The molecule has 0 aliphatic carbocycles. The molecule has 0 bridgehead atoms. The Balaban J connectivity index is 2.14. The van der Waals surface area contributed by atoms with Crippen molar-refractivity contribution in [2.24, 2.45) is 0 Å². The van der Waals surface area contributed by atoms with Crippen LogP contribution in [-0.4, -0.2) is 14.1 Å². The maximum absolute atomic E-state index is 13.0. The maximum atomic E-state index is 13.0. The molecule has 0 unspecified atom stereocenters. The van der Waals surface area contributed by atoms with Crippen LogP contribution in [0, 0.1) is 5.82 Å². The van der Waals surface area contributed by atoms with Gasteiger partial charge in [-0.1, -0.05) is 34.1 Å². The zero-order chi connectivity index (χ0) is 13.8. The molecule has 2 aromatic carbocycles. The zero-order valence-electron chi connectivity index (χ0n) is 11.0. The van der Waals surface area contributed by atoms with Crippen LogP contribution in [0.5, 0.6) is 0 Å². The van der Waals surface area contributed by atoms with Crippen molar-refractivity contribution in [2.75, 3.05) is 24.3 Å². The Bertz CT molecular complexity index is 570. The van der Waals surface area contributed by atoms with Gasteiger partial charge in [0, 0.05) is 25.1 Å². The van der Waals surface area contributed by atoms with E-state index in [1.807, 2.05) is 32.3 Å². The Morgan fingerprint density at radius 3 is 2.58 bits per heavy atom. The summed E-state index contributed by atoms with van der Waals surface area (Å²) in [6.45, 7) is 0.645. The predicted molar refractivity (Wildman–Crippen MR) is 82.2 cm³/mol. The second-order valence-electron chi connectivity index (χ2n) is 4.50. The van der Waals surface area contributed by atoms with E-state index in [0.717, 1.165) is 21.4 Å². The molecule has 0 atom stereocenters. The number of benzene rings is 2. The highest BCUT2D eigenvalue weighted by atomic mass is 79.9. The molecular weight excluding hydrogens is 307 g/mol.